The number of nitrogens with one attached hydrogen (secondary N) is 1. The number of rotatable bonds is 4. The molecule has 1 amide bonds. The van der Waals surface area contributed by atoms with E-state index in [0.29, 0.717) is 27.9 Å². The molecule has 1 N–H and O–H groups in total. The molecule has 2 rings (SSSR count). The topological polar surface area (TPSA) is 60.5 Å². The molecule has 6 heteroatoms. The highest BCUT2D eigenvalue weighted by atomic mass is 35.5. The zero-order valence-electron chi connectivity index (χ0n) is 11.0. The van der Waals surface area contributed by atoms with Gasteiger partial charge in [-0.3, -0.25) is 4.79 Å². The van der Waals surface area contributed by atoms with Gasteiger partial charge in [0.2, 0.25) is 0 Å². The number of benzene rings is 1. The van der Waals surface area contributed by atoms with Gasteiger partial charge in [-0.05, 0) is 12.1 Å². The number of nitrogens with zero attached hydrogens (tertiary/aromatic N) is 1. The molecule has 0 aliphatic rings. The Morgan fingerprint density at radius 2 is 1.80 bits per heavy atom. The van der Waals surface area contributed by atoms with E-state index in [1.165, 1.54) is 6.20 Å². The van der Waals surface area contributed by atoms with Gasteiger partial charge in [0.05, 0.1) is 19.8 Å². The van der Waals surface area contributed by atoms with E-state index in [-0.39, 0.29) is 5.91 Å². The van der Waals surface area contributed by atoms with Crippen molar-refractivity contribution in [3.63, 3.8) is 0 Å². The third-order valence-electron chi connectivity index (χ3n) is 2.60. The van der Waals surface area contributed by atoms with Crippen LogP contribution in [0.25, 0.3) is 0 Å². The SMILES string of the molecule is COc1cc(NC(=O)c2ccc(Cl)nc2)cc(OC)c1. The van der Waals surface area contributed by atoms with Crippen LogP contribution in [-0.2, 0) is 0 Å². The number of ether oxygens (including phenoxy) is 2. The number of carbonyl (C=O) groups excluding carboxylic acids is 1. The quantitative estimate of drug-likeness (QED) is 0.880. The van der Waals surface area contributed by atoms with Crippen molar-refractivity contribution in [3.8, 4) is 11.5 Å². The van der Waals surface area contributed by atoms with Crippen LogP contribution in [0.15, 0.2) is 36.5 Å². The van der Waals surface area contributed by atoms with Crippen molar-refractivity contribution in [2.45, 2.75) is 0 Å². The first-order chi connectivity index (χ1) is 9.62. The third kappa shape index (κ3) is 3.39. The average Bonchev–Trinajstić information content (AvgIpc) is 2.47. The van der Waals surface area contributed by atoms with Gasteiger partial charge < -0.3 is 14.8 Å². The Kier molecular flexibility index (Phi) is 4.42. The maximum Gasteiger partial charge on any atom is 0.257 e. The van der Waals surface area contributed by atoms with E-state index in [9.17, 15) is 4.79 Å². The Morgan fingerprint density at radius 3 is 2.30 bits per heavy atom. The van der Waals surface area contributed by atoms with Crippen LogP contribution in [0.4, 0.5) is 5.69 Å². The maximum atomic E-state index is 12.0. The summed E-state index contributed by atoms with van der Waals surface area (Å²) in [6, 6.07) is 8.28. The fraction of sp³-hybridized carbons (Fsp3) is 0.143. The van der Waals surface area contributed by atoms with Crippen molar-refractivity contribution in [1.82, 2.24) is 4.98 Å². The molecular weight excluding hydrogens is 280 g/mol. The number of methoxy groups -OCH3 is 2. The zero-order chi connectivity index (χ0) is 14.5. The highest BCUT2D eigenvalue weighted by Crippen LogP contribution is 2.26. The lowest BCUT2D eigenvalue weighted by Crippen LogP contribution is -2.12. The van der Waals surface area contributed by atoms with E-state index in [2.05, 4.69) is 10.3 Å². The van der Waals surface area contributed by atoms with E-state index < -0.39 is 0 Å². The first-order valence-electron chi connectivity index (χ1n) is 5.78. The van der Waals surface area contributed by atoms with Gasteiger partial charge in [0, 0.05) is 30.1 Å². The van der Waals surface area contributed by atoms with Crippen molar-refractivity contribution >= 4 is 23.2 Å². The summed E-state index contributed by atoms with van der Waals surface area (Å²) in [5.74, 6) is 0.896. The van der Waals surface area contributed by atoms with Crippen molar-refractivity contribution in [2.75, 3.05) is 19.5 Å². The van der Waals surface area contributed by atoms with Gasteiger partial charge in [-0.25, -0.2) is 4.98 Å². The number of hydrogen-bond acceptors (Lipinski definition) is 4. The van der Waals surface area contributed by atoms with Gasteiger partial charge in [-0.15, -0.1) is 0 Å². The predicted octanol–water partition coefficient (Wildman–Crippen LogP) is 3.00. The lowest BCUT2D eigenvalue weighted by atomic mass is 10.2. The minimum Gasteiger partial charge on any atom is -0.497 e. The fourth-order valence-electron chi connectivity index (χ4n) is 1.59. The zero-order valence-corrected chi connectivity index (χ0v) is 11.8. The van der Waals surface area contributed by atoms with Crippen molar-refractivity contribution < 1.29 is 14.3 Å². The highest BCUT2D eigenvalue weighted by Gasteiger charge is 2.08. The molecule has 0 atom stereocenters. The van der Waals surface area contributed by atoms with Crippen LogP contribution in [-0.4, -0.2) is 25.1 Å². The monoisotopic (exact) mass is 292 g/mol. The first-order valence-corrected chi connectivity index (χ1v) is 6.16. The molecule has 0 aliphatic heterocycles. The summed E-state index contributed by atoms with van der Waals surface area (Å²) in [4.78, 5) is 15.9. The van der Waals surface area contributed by atoms with E-state index in [1.54, 1.807) is 44.6 Å². The standard InChI is InChI=1S/C14H13ClN2O3/c1-19-11-5-10(6-12(7-11)20-2)17-14(18)9-3-4-13(15)16-8-9/h3-8H,1-2H3,(H,17,18). The van der Waals surface area contributed by atoms with Gasteiger partial charge in [0.15, 0.2) is 0 Å². The number of aromatic nitrogens is 1. The van der Waals surface area contributed by atoms with Crippen LogP contribution in [0.2, 0.25) is 5.15 Å². The molecule has 1 heterocycles. The lowest BCUT2D eigenvalue weighted by Gasteiger charge is -2.09. The largest absolute Gasteiger partial charge is 0.497 e. The summed E-state index contributed by atoms with van der Waals surface area (Å²) < 4.78 is 10.3. The summed E-state index contributed by atoms with van der Waals surface area (Å²) in [7, 11) is 3.09. The Labute approximate surface area is 121 Å². The molecule has 0 radical (unpaired) electrons. The van der Waals surface area contributed by atoms with E-state index >= 15 is 0 Å². The van der Waals surface area contributed by atoms with E-state index in [0.717, 1.165) is 0 Å². The van der Waals surface area contributed by atoms with Gasteiger partial charge in [-0.1, -0.05) is 11.6 Å². The van der Waals surface area contributed by atoms with Gasteiger partial charge in [0.1, 0.15) is 16.7 Å². The minimum atomic E-state index is -0.288. The molecule has 0 spiro atoms. The molecule has 0 unspecified atom stereocenters. The smallest absolute Gasteiger partial charge is 0.257 e. The second kappa shape index (κ2) is 6.25. The van der Waals surface area contributed by atoms with Crippen LogP contribution in [0.1, 0.15) is 10.4 Å². The van der Waals surface area contributed by atoms with E-state index in [1.807, 2.05) is 0 Å². The third-order valence-corrected chi connectivity index (χ3v) is 2.82. The van der Waals surface area contributed by atoms with Crippen LogP contribution < -0.4 is 14.8 Å². The summed E-state index contributed by atoms with van der Waals surface area (Å²) >= 11 is 5.68. The van der Waals surface area contributed by atoms with Gasteiger partial charge >= 0.3 is 0 Å². The molecule has 20 heavy (non-hydrogen) atoms. The van der Waals surface area contributed by atoms with Crippen molar-refractivity contribution in [1.29, 1.82) is 0 Å². The van der Waals surface area contributed by atoms with Crippen LogP contribution in [0, 0.1) is 0 Å². The lowest BCUT2D eigenvalue weighted by molar-refractivity contribution is 0.102. The number of anilines is 1. The molecule has 5 nitrogen and oxygen atoms in total. The Hall–Kier alpha value is -2.27. The highest BCUT2D eigenvalue weighted by molar-refractivity contribution is 6.29. The maximum absolute atomic E-state index is 12.0. The number of hydrogen-bond donors (Lipinski definition) is 1. The summed E-state index contributed by atoms with van der Waals surface area (Å²) in [5, 5.41) is 3.08. The van der Waals surface area contributed by atoms with Crippen molar-refractivity contribution in [2.24, 2.45) is 0 Å². The fourth-order valence-corrected chi connectivity index (χ4v) is 1.70. The molecular formula is C14H13ClN2O3. The predicted molar refractivity (Wildman–Crippen MR) is 76.7 cm³/mol. The van der Waals surface area contributed by atoms with Gasteiger partial charge in [0.25, 0.3) is 5.91 Å². The summed E-state index contributed by atoms with van der Waals surface area (Å²) in [5.41, 5.74) is 0.984. The molecule has 104 valence electrons. The first kappa shape index (κ1) is 14.1. The van der Waals surface area contributed by atoms with Crippen LogP contribution >= 0.6 is 11.6 Å². The van der Waals surface area contributed by atoms with Crippen LogP contribution in [0.5, 0.6) is 11.5 Å². The molecule has 2 aromatic rings. The van der Waals surface area contributed by atoms with Crippen LogP contribution in [0.3, 0.4) is 0 Å². The molecule has 1 aromatic carbocycles. The second-order valence-electron chi connectivity index (χ2n) is 3.93. The molecule has 0 saturated heterocycles. The number of amides is 1. The number of pyridine rings is 1. The average molecular weight is 293 g/mol. The Balaban J connectivity index is 2.20. The molecule has 0 bridgehead atoms. The molecule has 0 fully saturated rings. The van der Waals surface area contributed by atoms with E-state index in [4.69, 9.17) is 21.1 Å². The van der Waals surface area contributed by atoms with Gasteiger partial charge in [-0.2, -0.15) is 0 Å². The number of carbonyl (C=O) groups is 1. The molecule has 0 aliphatic carbocycles. The summed E-state index contributed by atoms with van der Waals surface area (Å²) in [6.45, 7) is 0. The number of halogens is 1. The molecule has 1 aromatic heterocycles. The second-order valence-corrected chi connectivity index (χ2v) is 4.31. The summed E-state index contributed by atoms with van der Waals surface area (Å²) in [6.07, 6.45) is 1.41. The minimum absolute atomic E-state index is 0.288. The Bertz CT molecular complexity index is 592. The molecule has 0 saturated carbocycles. The normalized spacial score (nSPS) is 9.95. The van der Waals surface area contributed by atoms with Crippen molar-refractivity contribution in [3.05, 3.63) is 47.2 Å². The Morgan fingerprint density at radius 1 is 1.15 bits per heavy atom.